The molecule has 1 aliphatic rings. The number of nitrogens with one attached hydrogen (secondary N) is 1. The maximum Gasteiger partial charge on any atom is 0.336 e. The highest BCUT2D eigenvalue weighted by molar-refractivity contribution is 5.93. The van der Waals surface area contributed by atoms with E-state index in [1.54, 1.807) is 0 Å². The monoisotopic (exact) mass is 324 g/mol. The van der Waals surface area contributed by atoms with E-state index in [4.69, 9.17) is 4.74 Å². The predicted molar refractivity (Wildman–Crippen MR) is 93.9 cm³/mol. The Bertz CT molecular complexity index is 756. The predicted octanol–water partition coefficient (Wildman–Crippen LogP) is 3.95. The van der Waals surface area contributed by atoms with E-state index in [0.717, 1.165) is 22.5 Å². The van der Waals surface area contributed by atoms with E-state index in [1.165, 1.54) is 7.11 Å². The van der Waals surface area contributed by atoms with Crippen LogP contribution in [0.5, 0.6) is 0 Å². The number of hydrogen-bond donors (Lipinski definition) is 1. The van der Waals surface area contributed by atoms with Gasteiger partial charge in [-0.1, -0.05) is 50.6 Å². The molecule has 2 rings (SSSR count). The summed E-state index contributed by atoms with van der Waals surface area (Å²) in [6, 6.07) is 10.3. The van der Waals surface area contributed by atoms with Crippen LogP contribution in [0.15, 0.2) is 46.8 Å². The first-order valence-electron chi connectivity index (χ1n) is 7.98. The van der Waals surface area contributed by atoms with Gasteiger partial charge < -0.3 is 10.1 Å². The number of hydrogen-bond acceptors (Lipinski definition) is 4. The summed E-state index contributed by atoms with van der Waals surface area (Å²) < 4.78 is 4.98. The largest absolute Gasteiger partial charge is 0.466 e. The molecule has 126 valence electrons. The Morgan fingerprint density at radius 1 is 1.21 bits per heavy atom. The Kier molecular flexibility index (Phi) is 4.84. The van der Waals surface area contributed by atoms with Crippen LogP contribution in [-0.2, 0) is 9.53 Å². The molecule has 1 atom stereocenters. The number of aryl methyl sites for hydroxylation is 1. The van der Waals surface area contributed by atoms with Gasteiger partial charge in [-0.15, -0.1) is 0 Å². The highest BCUT2D eigenvalue weighted by atomic mass is 16.5. The summed E-state index contributed by atoms with van der Waals surface area (Å²) in [6.07, 6.45) is 0. The number of dihydropyridines is 1. The molecule has 0 aromatic heterocycles. The van der Waals surface area contributed by atoms with Crippen LogP contribution < -0.4 is 5.32 Å². The lowest BCUT2D eigenvalue weighted by atomic mass is 9.76. The molecule has 1 aromatic carbocycles. The number of rotatable bonds is 2. The highest BCUT2D eigenvalue weighted by Crippen LogP contribution is 2.42. The minimum atomic E-state index is -0.418. The topological polar surface area (TPSA) is 62.1 Å². The van der Waals surface area contributed by atoms with Gasteiger partial charge in [-0.05, 0) is 19.4 Å². The summed E-state index contributed by atoms with van der Waals surface area (Å²) >= 11 is 0. The number of nitrogens with zero attached hydrogens (tertiary/aromatic N) is 1. The van der Waals surface area contributed by atoms with Crippen molar-refractivity contribution in [2.24, 2.45) is 5.41 Å². The Hall–Kier alpha value is -2.54. The molecule has 0 saturated heterocycles. The zero-order valence-corrected chi connectivity index (χ0v) is 15.2. The third-order valence-corrected chi connectivity index (χ3v) is 4.25. The van der Waals surface area contributed by atoms with Crippen molar-refractivity contribution in [3.63, 3.8) is 0 Å². The first kappa shape index (κ1) is 17.8. The maximum absolute atomic E-state index is 12.4. The second kappa shape index (κ2) is 6.52. The van der Waals surface area contributed by atoms with Gasteiger partial charge >= 0.3 is 5.97 Å². The van der Waals surface area contributed by atoms with Crippen molar-refractivity contribution < 1.29 is 9.53 Å². The van der Waals surface area contributed by atoms with Crippen LogP contribution in [0.4, 0.5) is 0 Å². The maximum atomic E-state index is 12.4. The number of benzene rings is 1. The van der Waals surface area contributed by atoms with Crippen LogP contribution in [0, 0.1) is 23.7 Å². The van der Waals surface area contributed by atoms with Crippen molar-refractivity contribution in [3.05, 3.63) is 57.9 Å². The number of methoxy groups -OCH3 is 1. The van der Waals surface area contributed by atoms with E-state index in [-0.39, 0.29) is 5.41 Å². The average molecular weight is 324 g/mol. The van der Waals surface area contributed by atoms with E-state index < -0.39 is 11.9 Å². The first-order valence-corrected chi connectivity index (χ1v) is 7.98. The lowest BCUT2D eigenvalue weighted by Crippen LogP contribution is -2.34. The molecule has 1 heterocycles. The molecule has 1 unspecified atom stereocenters. The number of carbonyl (C=O) groups is 1. The zero-order valence-electron chi connectivity index (χ0n) is 15.2. The van der Waals surface area contributed by atoms with Crippen LogP contribution in [0.2, 0.25) is 0 Å². The van der Waals surface area contributed by atoms with Crippen molar-refractivity contribution in [2.75, 3.05) is 7.11 Å². The second-order valence-corrected chi connectivity index (χ2v) is 7.15. The van der Waals surface area contributed by atoms with E-state index in [2.05, 4.69) is 32.2 Å². The molecule has 24 heavy (non-hydrogen) atoms. The summed E-state index contributed by atoms with van der Waals surface area (Å²) in [6.45, 7) is 10.0. The molecule has 1 aromatic rings. The second-order valence-electron chi connectivity index (χ2n) is 7.15. The fourth-order valence-electron chi connectivity index (χ4n) is 3.01. The Labute approximate surface area is 143 Å². The molecular weight excluding hydrogens is 300 g/mol. The van der Waals surface area contributed by atoms with E-state index >= 15 is 0 Å². The molecule has 1 N–H and O–H groups in total. The SMILES string of the molecule is COC(=O)C1=C(C)NC(C(C)(C)C)=C(C#N)C1c1ccc(C)cc1. The van der Waals surface area contributed by atoms with Gasteiger partial charge in [-0.2, -0.15) is 5.26 Å². The summed E-state index contributed by atoms with van der Waals surface area (Å²) in [5.74, 6) is -0.829. The highest BCUT2D eigenvalue weighted by Gasteiger charge is 2.37. The Balaban J connectivity index is 2.74. The average Bonchev–Trinajstić information content (AvgIpc) is 2.53. The number of esters is 1. The Morgan fingerprint density at radius 3 is 2.25 bits per heavy atom. The number of carbonyl (C=O) groups excluding carboxylic acids is 1. The molecular formula is C20H24N2O2. The van der Waals surface area contributed by atoms with Crippen LogP contribution in [0.1, 0.15) is 44.7 Å². The van der Waals surface area contributed by atoms with E-state index in [9.17, 15) is 10.1 Å². The summed E-state index contributed by atoms with van der Waals surface area (Å²) in [5, 5.41) is 13.1. The molecule has 0 fully saturated rings. The molecule has 0 saturated carbocycles. The van der Waals surface area contributed by atoms with Gasteiger partial charge in [0.05, 0.1) is 30.2 Å². The molecule has 0 radical (unpaired) electrons. The Morgan fingerprint density at radius 2 is 1.79 bits per heavy atom. The normalized spacial score (nSPS) is 18.1. The van der Waals surface area contributed by atoms with E-state index in [0.29, 0.717) is 11.1 Å². The lowest BCUT2D eigenvalue weighted by Gasteiger charge is -2.35. The molecule has 0 bridgehead atoms. The van der Waals surface area contributed by atoms with Gasteiger partial charge in [-0.25, -0.2) is 4.79 Å². The molecule has 4 heteroatoms. The fourth-order valence-corrected chi connectivity index (χ4v) is 3.01. The third kappa shape index (κ3) is 3.21. The van der Waals surface area contributed by atoms with Gasteiger partial charge in [0, 0.05) is 16.8 Å². The van der Waals surface area contributed by atoms with Crippen LogP contribution in [-0.4, -0.2) is 13.1 Å². The van der Waals surface area contributed by atoms with Gasteiger partial charge in [0.2, 0.25) is 0 Å². The van der Waals surface area contributed by atoms with Crippen molar-refractivity contribution in [1.82, 2.24) is 5.32 Å². The molecule has 0 spiro atoms. The zero-order chi connectivity index (χ0) is 18.1. The summed E-state index contributed by atoms with van der Waals surface area (Å²) in [4.78, 5) is 12.4. The van der Waals surface area contributed by atoms with Gasteiger partial charge in [0.25, 0.3) is 0 Å². The minimum absolute atomic E-state index is 0.239. The summed E-state index contributed by atoms with van der Waals surface area (Å²) in [5.41, 5.74) is 4.45. The molecule has 1 aliphatic heterocycles. The van der Waals surface area contributed by atoms with Crippen molar-refractivity contribution in [2.45, 2.75) is 40.5 Å². The molecule has 0 aliphatic carbocycles. The van der Waals surface area contributed by atoms with Gasteiger partial charge in [0.15, 0.2) is 0 Å². The van der Waals surface area contributed by atoms with Crippen LogP contribution in [0.25, 0.3) is 0 Å². The van der Waals surface area contributed by atoms with Gasteiger partial charge in [0.1, 0.15) is 0 Å². The standard InChI is InChI=1S/C20H24N2O2/c1-12-7-9-14(10-8-12)17-15(11-21)18(20(3,4)5)22-13(2)16(17)19(23)24-6/h7-10,17,22H,1-6H3. The van der Waals surface area contributed by atoms with Gasteiger partial charge in [-0.3, -0.25) is 0 Å². The quantitative estimate of drug-likeness (QED) is 0.837. The van der Waals surface area contributed by atoms with E-state index in [1.807, 2.05) is 38.1 Å². The smallest absolute Gasteiger partial charge is 0.336 e. The first-order chi connectivity index (χ1) is 11.2. The van der Waals surface area contributed by atoms with Crippen LogP contribution in [0.3, 0.4) is 0 Å². The fraction of sp³-hybridized carbons (Fsp3) is 0.400. The summed E-state index contributed by atoms with van der Waals surface area (Å²) in [7, 11) is 1.36. The molecule has 0 amide bonds. The van der Waals surface area contributed by atoms with Crippen molar-refractivity contribution in [3.8, 4) is 6.07 Å². The minimum Gasteiger partial charge on any atom is -0.466 e. The number of ether oxygens (including phenoxy) is 1. The third-order valence-electron chi connectivity index (χ3n) is 4.25. The van der Waals surface area contributed by atoms with Crippen molar-refractivity contribution >= 4 is 5.97 Å². The van der Waals surface area contributed by atoms with Crippen LogP contribution >= 0.6 is 0 Å². The number of allylic oxidation sites excluding steroid dienone is 3. The number of nitriles is 1. The van der Waals surface area contributed by atoms with Crippen molar-refractivity contribution in [1.29, 1.82) is 5.26 Å². The molecule has 4 nitrogen and oxygen atoms in total. The lowest BCUT2D eigenvalue weighted by molar-refractivity contribution is -0.136.